The minimum absolute atomic E-state index is 0.100. The minimum Gasteiger partial charge on any atom is -0.305 e. The van der Waals surface area contributed by atoms with Crippen molar-refractivity contribution < 1.29 is 0 Å². The summed E-state index contributed by atoms with van der Waals surface area (Å²) in [6.45, 7) is 2.01. The van der Waals surface area contributed by atoms with E-state index in [0.29, 0.717) is 0 Å². The molecule has 0 saturated carbocycles. The maximum absolute atomic E-state index is 12.0. The van der Waals surface area contributed by atoms with Gasteiger partial charge in [0.2, 0.25) is 0 Å². The highest BCUT2D eigenvalue weighted by atomic mass is 16.1. The van der Waals surface area contributed by atoms with Crippen LogP contribution in [0.15, 0.2) is 53.3 Å². The predicted octanol–water partition coefficient (Wildman–Crippen LogP) is 2.63. The van der Waals surface area contributed by atoms with Crippen LogP contribution in [0.1, 0.15) is 5.56 Å². The van der Waals surface area contributed by atoms with E-state index in [0.717, 1.165) is 22.3 Å². The third-order valence-electron chi connectivity index (χ3n) is 2.85. The van der Waals surface area contributed by atoms with Crippen molar-refractivity contribution in [1.29, 1.82) is 0 Å². The van der Waals surface area contributed by atoms with Crippen LogP contribution in [0.2, 0.25) is 0 Å². The molecule has 0 bridgehead atoms. The summed E-state index contributed by atoms with van der Waals surface area (Å²) in [6, 6.07) is 15.6. The molecule has 1 heterocycles. The highest BCUT2D eigenvalue weighted by molar-refractivity contribution is 5.78. The Balaban J connectivity index is 2.37. The van der Waals surface area contributed by atoms with E-state index in [4.69, 9.17) is 0 Å². The molecule has 2 aromatic carbocycles. The zero-order valence-electron chi connectivity index (χ0n) is 9.47. The van der Waals surface area contributed by atoms with Crippen LogP contribution >= 0.6 is 0 Å². The van der Waals surface area contributed by atoms with Crippen LogP contribution < -0.4 is 5.69 Å². The normalized spacial score (nSPS) is 10.9. The lowest BCUT2D eigenvalue weighted by Gasteiger charge is -2.02. The van der Waals surface area contributed by atoms with Crippen molar-refractivity contribution in [3.8, 4) is 5.69 Å². The first kappa shape index (κ1) is 9.90. The first-order chi connectivity index (χ1) is 8.25. The summed E-state index contributed by atoms with van der Waals surface area (Å²) < 4.78 is 1.69. The predicted molar refractivity (Wildman–Crippen MR) is 68.6 cm³/mol. The van der Waals surface area contributed by atoms with Crippen molar-refractivity contribution in [2.75, 3.05) is 0 Å². The highest BCUT2D eigenvalue weighted by Crippen LogP contribution is 2.16. The fraction of sp³-hybridized carbons (Fsp3) is 0.0714. The number of rotatable bonds is 1. The molecule has 0 spiro atoms. The van der Waals surface area contributed by atoms with Crippen LogP contribution in [0.25, 0.3) is 16.7 Å². The molecular weight excluding hydrogens is 212 g/mol. The molecular formula is C14H12N2O. The molecule has 0 fully saturated rings. The number of para-hydroxylation sites is 1. The molecule has 0 amide bonds. The molecule has 0 aliphatic rings. The van der Waals surface area contributed by atoms with Crippen molar-refractivity contribution in [2.45, 2.75) is 6.92 Å². The van der Waals surface area contributed by atoms with Crippen molar-refractivity contribution >= 4 is 11.0 Å². The van der Waals surface area contributed by atoms with Crippen LogP contribution in [0.5, 0.6) is 0 Å². The lowest BCUT2D eigenvalue weighted by atomic mass is 10.2. The molecule has 3 nitrogen and oxygen atoms in total. The molecule has 84 valence electrons. The molecule has 0 atom stereocenters. The molecule has 3 aromatic rings. The first-order valence-electron chi connectivity index (χ1n) is 5.52. The average molecular weight is 224 g/mol. The SMILES string of the molecule is Cc1ccc2c(c1)[nH]c(=O)n2-c1ccccc1. The van der Waals surface area contributed by atoms with E-state index >= 15 is 0 Å². The van der Waals surface area contributed by atoms with Gasteiger partial charge in [0.1, 0.15) is 0 Å². The monoisotopic (exact) mass is 224 g/mol. The number of aryl methyl sites for hydroxylation is 1. The Hall–Kier alpha value is -2.29. The molecule has 1 N–H and O–H groups in total. The molecule has 1 aromatic heterocycles. The van der Waals surface area contributed by atoms with Gasteiger partial charge in [-0.25, -0.2) is 4.79 Å². The number of nitrogens with zero attached hydrogens (tertiary/aromatic N) is 1. The van der Waals surface area contributed by atoms with Crippen molar-refractivity contribution in [3.63, 3.8) is 0 Å². The second-order valence-corrected chi connectivity index (χ2v) is 4.12. The van der Waals surface area contributed by atoms with Crippen molar-refractivity contribution in [2.24, 2.45) is 0 Å². The van der Waals surface area contributed by atoms with Crippen LogP contribution in [-0.2, 0) is 0 Å². The maximum Gasteiger partial charge on any atom is 0.331 e. The zero-order valence-corrected chi connectivity index (χ0v) is 9.47. The summed E-state index contributed by atoms with van der Waals surface area (Å²) in [5.41, 5.74) is 3.70. The van der Waals surface area contributed by atoms with Gasteiger partial charge >= 0.3 is 5.69 Å². The van der Waals surface area contributed by atoms with Crippen molar-refractivity contribution in [1.82, 2.24) is 9.55 Å². The lowest BCUT2D eigenvalue weighted by Crippen LogP contribution is -2.14. The highest BCUT2D eigenvalue weighted by Gasteiger charge is 2.07. The minimum atomic E-state index is -0.100. The Morgan fingerprint density at radius 1 is 1.06 bits per heavy atom. The fourth-order valence-corrected chi connectivity index (χ4v) is 2.06. The lowest BCUT2D eigenvalue weighted by molar-refractivity contribution is 1.02. The third-order valence-corrected chi connectivity index (χ3v) is 2.85. The van der Waals surface area contributed by atoms with E-state index in [9.17, 15) is 4.79 Å². The number of aromatic amines is 1. The Labute approximate surface area is 98.3 Å². The van der Waals surface area contributed by atoms with Gasteiger partial charge in [0, 0.05) is 0 Å². The van der Waals surface area contributed by atoms with Gasteiger partial charge in [-0.05, 0) is 36.8 Å². The molecule has 0 radical (unpaired) electrons. The standard InChI is InChI=1S/C14H12N2O/c1-10-7-8-13-12(9-10)15-14(17)16(13)11-5-3-2-4-6-11/h2-9H,1H3,(H,15,17). The van der Waals surface area contributed by atoms with Gasteiger partial charge in [-0.1, -0.05) is 24.3 Å². The average Bonchev–Trinajstić information content (AvgIpc) is 2.65. The maximum atomic E-state index is 12.0. The van der Waals surface area contributed by atoms with Gasteiger partial charge in [0.05, 0.1) is 16.7 Å². The van der Waals surface area contributed by atoms with Crippen LogP contribution in [0.4, 0.5) is 0 Å². The van der Waals surface area contributed by atoms with E-state index in [-0.39, 0.29) is 5.69 Å². The fourth-order valence-electron chi connectivity index (χ4n) is 2.06. The Kier molecular flexibility index (Phi) is 2.11. The van der Waals surface area contributed by atoms with Crippen LogP contribution in [0.3, 0.4) is 0 Å². The van der Waals surface area contributed by atoms with Crippen molar-refractivity contribution in [3.05, 3.63) is 64.6 Å². The molecule has 0 aliphatic carbocycles. The number of benzene rings is 2. The molecule has 0 saturated heterocycles. The number of aromatic nitrogens is 2. The second kappa shape index (κ2) is 3.63. The molecule has 3 heteroatoms. The first-order valence-corrected chi connectivity index (χ1v) is 5.52. The smallest absolute Gasteiger partial charge is 0.305 e. The Bertz CT molecular complexity index is 723. The van der Waals surface area contributed by atoms with Gasteiger partial charge < -0.3 is 4.98 Å². The topological polar surface area (TPSA) is 37.8 Å². The van der Waals surface area contributed by atoms with E-state index in [1.807, 2.05) is 55.5 Å². The number of nitrogens with one attached hydrogen (secondary N) is 1. The quantitative estimate of drug-likeness (QED) is 0.678. The number of H-pyrrole nitrogens is 1. The molecule has 0 unspecified atom stereocenters. The zero-order chi connectivity index (χ0) is 11.8. The van der Waals surface area contributed by atoms with E-state index in [2.05, 4.69) is 4.98 Å². The van der Waals surface area contributed by atoms with E-state index in [1.54, 1.807) is 4.57 Å². The summed E-state index contributed by atoms with van der Waals surface area (Å²) in [5.74, 6) is 0. The number of hydrogen-bond acceptors (Lipinski definition) is 1. The Morgan fingerprint density at radius 2 is 1.82 bits per heavy atom. The number of imidazole rings is 1. The van der Waals surface area contributed by atoms with Gasteiger partial charge in [0.25, 0.3) is 0 Å². The van der Waals surface area contributed by atoms with E-state index < -0.39 is 0 Å². The summed E-state index contributed by atoms with van der Waals surface area (Å²) in [4.78, 5) is 14.8. The van der Waals surface area contributed by atoms with Gasteiger partial charge in [-0.3, -0.25) is 4.57 Å². The Morgan fingerprint density at radius 3 is 2.59 bits per heavy atom. The number of fused-ring (bicyclic) bond motifs is 1. The third kappa shape index (κ3) is 1.56. The molecule has 0 aliphatic heterocycles. The summed E-state index contributed by atoms with van der Waals surface area (Å²) >= 11 is 0. The second-order valence-electron chi connectivity index (χ2n) is 4.12. The summed E-state index contributed by atoms with van der Waals surface area (Å²) in [6.07, 6.45) is 0. The van der Waals surface area contributed by atoms with Gasteiger partial charge in [-0.2, -0.15) is 0 Å². The van der Waals surface area contributed by atoms with Gasteiger partial charge in [-0.15, -0.1) is 0 Å². The van der Waals surface area contributed by atoms with Gasteiger partial charge in [0.15, 0.2) is 0 Å². The molecule has 17 heavy (non-hydrogen) atoms. The summed E-state index contributed by atoms with van der Waals surface area (Å²) in [5, 5.41) is 0. The largest absolute Gasteiger partial charge is 0.331 e. The molecule has 3 rings (SSSR count). The number of hydrogen-bond donors (Lipinski definition) is 1. The van der Waals surface area contributed by atoms with E-state index in [1.165, 1.54) is 0 Å². The van der Waals surface area contributed by atoms with Crippen LogP contribution in [0, 0.1) is 6.92 Å². The van der Waals surface area contributed by atoms with Crippen LogP contribution in [-0.4, -0.2) is 9.55 Å². The summed E-state index contributed by atoms with van der Waals surface area (Å²) in [7, 11) is 0.